The van der Waals surface area contributed by atoms with Gasteiger partial charge >= 0.3 is 0 Å². The number of rotatable bonds is 6. The smallest absolute Gasteiger partial charge is 0.274 e. The van der Waals surface area contributed by atoms with E-state index in [4.69, 9.17) is 18.9 Å². The number of Topliss-reactive ketones (excluding diaryl/α,β-unsaturated/α-hetero) is 1. The number of hydrogen-bond donors (Lipinski definition) is 0. The van der Waals surface area contributed by atoms with Gasteiger partial charge in [-0.2, -0.15) is 0 Å². The summed E-state index contributed by atoms with van der Waals surface area (Å²) in [6.45, 7) is 1.65. The van der Waals surface area contributed by atoms with Crippen LogP contribution in [-0.2, 0) is 25.2 Å². The Morgan fingerprint density at radius 2 is 1.09 bits per heavy atom. The Morgan fingerprint density at radius 3 is 1.57 bits per heavy atom. The van der Waals surface area contributed by atoms with E-state index in [9.17, 15) is 10.1 Å². The quantitative estimate of drug-likeness (QED) is 0.110. The predicted octanol–water partition coefficient (Wildman–Crippen LogP) is 6.55. The Kier molecular flexibility index (Phi) is 6.37. The number of benzene rings is 5. The molecule has 0 N–H and O–H groups in total. The zero-order valence-corrected chi connectivity index (χ0v) is 28.1. The number of anilines is 1. The van der Waals surface area contributed by atoms with Gasteiger partial charge in [-0.3, -0.25) is 24.5 Å². The summed E-state index contributed by atoms with van der Waals surface area (Å²) in [6, 6.07) is 33.4. The minimum Gasteiger partial charge on any atom is -0.454 e. The molecule has 0 aromatic heterocycles. The third-order valence-corrected chi connectivity index (χ3v) is 11.4. The van der Waals surface area contributed by atoms with E-state index in [1.807, 2.05) is 84.9 Å². The highest BCUT2D eigenvalue weighted by Crippen LogP contribution is 2.74. The summed E-state index contributed by atoms with van der Waals surface area (Å²) in [5, 5.41) is 12.1. The summed E-state index contributed by atoms with van der Waals surface area (Å²) < 4.78 is 23.0. The highest BCUT2D eigenvalue weighted by atomic mass is 16.7. The number of carbonyl (C=O) groups is 3. The number of carbonyl (C=O) groups excluding carboxylic acids is 3. The molecular formula is C42H28N2O9. The molecule has 0 spiro atoms. The molecular weight excluding hydrogens is 676 g/mol. The van der Waals surface area contributed by atoms with Crippen molar-refractivity contribution in [2.24, 2.45) is 11.8 Å². The lowest BCUT2D eigenvalue weighted by molar-refractivity contribution is -0.385. The number of nitrogens with zero attached hydrogens (tertiary/aromatic N) is 2. The van der Waals surface area contributed by atoms with Gasteiger partial charge in [0.1, 0.15) is 0 Å². The van der Waals surface area contributed by atoms with Crippen molar-refractivity contribution in [3.63, 3.8) is 0 Å². The molecule has 3 aliphatic heterocycles. The number of ketones is 1. The molecule has 4 atom stereocenters. The van der Waals surface area contributed by atoms with Crippen LogP contribution in [0.1, 0.15) is 27.8 Å². The number of aryl methyl sites for hydroxylation is 1. The summed E-state index contributed by atoms with van der Waals surface area (Å²) >= 11 is 0. The highest BCUT2D eigenvalue weighted by molar-refractivity contribution is 6.39. The fourth-order valence-corrected chi connectivity index (χ4v) is 9.42. The van der Waals surface area contributed by atoms with Crippen molar-refractivity contribution in [1.82, 2.24) is 0 Å². The fourth-order valence-electron chi connectivity index (χ4n) is 9.42. The average Bonchev–Trinajstić information content (AvgIpc) is 3.99. The first kappa shape index (κ1) is 31.0. The zero-order chi connectivity index (χ0) is 36.2. The molecule has 3 heterocycles. The summed E-state index contributed by atoms with van der Waals surface area (Å²) in [5.41, 5.74) is 0.236. The summed E-state index contributed by atoms with van der Waals surface area (Å²) in [5.74, 6) is -1.94. The molecule has 2 amide bonds. The average molecular weight is 705 g/mol. The Bertz CT molecular complexity index is 2360. The summed E-state index contributed by atoms with van der Waals surface area (Å²) in [4.78, 5) is 59.4. The van der Waals surface area contributed by atoms with Crippen molar-refractivity contribution >= 4 is 40.1 Å². The molecule has 2 fully saturated rings. The van der Waals surface area contributed by atoms with Crippen molar-refractivity contribution in [2.75, 3.05) is 18.5 Å². The maximum Gasteiger partial charge on any atom is 0.274 e. The van der Waals surface area contributed by atoms with Crippen LogP contribution < -0.4 is 23.8 Å². The number of hydrogen-bond acceptors (Lipinski definition) is 9. The lowest BCUT2D eigenvalue weighted by Crippen LogP contribution is -2.45. The second-order valence-electron chi connectivity index (χ2n) is 13.8. The topological polar surface area (TPSA) is 135 Å². The number of ether oxygens (including phenoxy) is 4. The van der Waals surface area contributed by atoms with E-state index in [0.717, 1.165) is 4.90 Å². The van der Waals surface area contributed by atoms with Gasteiger partial charge in [-0.1, -0.05) is 78.9 Å². The molecule has 5 aliphatic rings. The normalized spacial score (nSPS) is 24.7. The Labute approximate surface area is 302 Å². The Morgan fingerprint density at radius 1 is 0.623 bits per heavy atom. The zero-order valence-electron chi connectivity index (χ0n) is 28.1. The van der Waals surface area contributed by atoms with Crippen LogP contribution in [0.4, 0.5) is 11.4 Å². The van der Waals surface area contributed by atoms with Crippen LogP contribution in [0.3, 0.4) is 0 Å². The molecule has 2 bridgehead atoms. The van der Waals surface area contributed by atoms with Gasteiger partial charge < -0.3 is 18.9 Å². The van der Waals surface area contributed by atoms with E-state index in [1.165, 1.54) is 18.2 Å². The maximum atomic E-state index is 16.2. The first-order valence-corrected chi connectivity index (χ1v) is 17.1. The monoisotopic (exact) mass is 704 g/mol. The molecule has 10 rings (SSSR count). The van der Waals surface area contributed by atoms with Gasteiger partial charge in [-0.05, 0) is 70.7 Å². The number of allylic oxidation sites excluding steroid dienone is 2. The van der Waals surface area contributed by atoms with E-state index in [0.29, 0.717) is 62.0 Å². The molecule has 0 radical (unpaired) electrons. The van der Waals surface area contributed by atoms with Crippen LogP contribution >= 0.6 is 0 Å². The van der Waals surface area contributed by atoms with Gasteiger partial charge in [0.2, 0.25) is 25.4 Å². The molecule has 2 aliphatic carbocycles. The van der Waals surface area contributed by atoms with E-state index >= 15 is 14.4 Å². The molecule has 11 nitrogen and oxygen atoms in total. The van der Waals surface area contributed by atoms with Crippen LogP contribution in [0.5, 0.6) is 23.0 Å². The third kappa shape index (κ3) is 3.85. The number of fused-ring (bicyclic) bond motifs is 7. The molecule has 1 saturated carbocycles. The molecule has 5 aromatic rings. The first-order valence-electron chi connectivity index (χ1n) is 17.1. The van der Waals surface area contributed by atoms with E-state index in [-0.39, 0.29) is 30.7 Å². The van der Waals surface area contributed by atoms with Crippen LogP contribution in [0.15, 0.2) is 115 Å². The predicted molar refractivity (Wildman–Crippen MR) is 190 cm³/mol. The van der Waals surface area contributed by atoms with E-state index in [2.05, 4.69) is 0 Å². The van der Waals surface area contributed by atoms with Gasteiger partial charge in [0, 0.05) is 11.6 Å². The lowest BCUT2D eigenvalue weighted by Gasteiger charge is -2.39. The van der Waals surface area contributed by atoms with Gasteiger partial charge in [0.25, 0.3) is 5.69 Å². The molecule has 11 heteroatoms. The van der Waals surface area contributed by atoms with Gasteiger partial charge in [0.05, 0.1) is 33.3 Å². The van der Waals surface area contributed by atoms with Crippen molar-refractivity contribution in [3.05, 3.63) is 153 Å². The second kappa shape index (κ2) is 10.9. The lowest BCUT2D eigenvalue weighted by atomic mass is 9.59. The van der Waals surface area contributed by atoms with Crippen molar-refractivity contribution < 1.29 is 38.3 Å². The first-order chi connectivity index (χ1) is 25.8. The number of amides is 2. The summed E-state index contributed by atoms with van der Waals surface area (Å²) in [6.07, 6.45) is 0. The number of imide groups is 1. The number of nitro groups is 1. The van der Waals surface area contributed by atoms with Crippen LogP contribution in [0, 0.1) is 28.9 Å². The fraction of sp³-hybridized carbons (Fsp3) is 0.167. The molecule has 53 heavy (non-hydrogen) atoms. The standard InChI is InChI=1S/C42H28N2O9/c1-23-12-15-28(20-29(23)44(48)49)43-38(45)36-37(39(43)46)42(27-10-6-3-7-11-27)35(25-14-17-31-33(19-25)53-22-51-31)34(24-13-16-30-32(18-24)52-21-50-30)41(36,40(42)47)26-8-4-2-5-9-26/h2-20,36-37H,21-22H2,1H3. The van der Waals surface area contributed by atoms with Crippen LogP contribution in [0.2, 0.25) is 0 Å². The minimum absolute atomic E-state index is 0.0267. The largest absolute Gasteiger partial charge is 0.454 e. The van der Waals surface area contributed by atoms with Gasteiger partial charge in [-0.15, -0.1) is 0 Å². The van der Waals surface area contributed by atoms with Crippen molar-refractivity contribution in [1.29, 1.82) is 0 Å². The van der Waals surface area contributed by atoms with E-state index < -0.39 is 39.4 Å². The van der Waals surface area contributed by atoms with Crippen molar-refractivity contribution in [2.45, 2.75) is 17.8 Å². The molecule has 260 valence electrons. The van der Waals surface area contributed by atoms with Crippen molar-refractivity contribution in [3.8, 4) is 23.0 Å². The van der Waals surface area contributed by atoms with Crippen LogP contribution in [-0.4, -0.2) is 36.1 Å². The molecule has 5 aromatic carbocycles. The molecule has 4 unspecified atom stereocenters. The van der Waals surface area contributed by atoms with E-state index in [1.54, 1.807) is 19.1 Å². The molecule has 1 saturated heterocycles. The van der Waals surface area contributed by atoms with Gasteiger partial charge in [0.15, 0.2) is 28.8 Å². The Hall–Kier alpha value is -6.75. The Balaban J connectivity index is 1.35. The second-order valence-corrected chi connectivity index (χ2v) is 13.8. The van der Waals surface area contributed by atoms with Crippen LogP contribution in [0.25, 0.3) is 11.1 Å². The highest BCUT2D eigenvalue weighted by Gasteiger charge is 2.83. The minimum atomic E-state index is -1.70. The third-order valence-electron chi connectivity index (χ3n) is 11.4. The summed E-state index contributed by atoms with van der Waals surface area (Å²) in [7, 11) is 0. The SMILES string of the molecule is Cc1ccc(N2C(=O)C3C(C2=O)C2(c4ccccc4)C(=O)C3(c3ccccc3)C(c3ccc4c(c3)OCO4)=C2c2ccc3c(c2)OCO3)cc1[N+](=O)[O-]. The van der Waals surface area contributed by atoms with Gasteiger partial charge in [-0.25, -0.2) is 4.90 Å². The maximum absolute atomic E-state index is 16.2. The number of nitro benzene ring substituents is 1.